The van der Waals surface area contributed by atoms with Crippen LogP contribution in [0, 0.1) is 0 Å². The van der Waals surface area contributed by atoms with Crippen LogP contribution >= 0.6 is 0 Å². The molecule has 0 spiro atoms. The second-order valence-electron chi connectivity index (χ2n) is 8.12. The van der Waals surface area contributed by atoms with E-state index in [0.29, 0.717) is 39.9 Å². The largest absolute Gasteiger partial charge is 0.454 e. The number of aromatic nitrogens is 5. The van der Waals surface area contributed by atoms with Gasteiger partial charge in [-0.1, -0.05) is 0 Å². The van der Waals surface area contributed by atoms with E-state index in [4.69, 9.17) is 23.9 Å². The molecule has 0 saturated carbocycles. The Kier molecular flexibility index (Phi) is 3.57. The third kappa shape index (κ3) is 2.37. The molecule has 7 rings (SSSR count). The minimum absolute atomic E-state index is 0.153. The first kappa shape index (κ1) is 18.9. The summed E-state index contributed by atoms with van der Waals surface area (Å²) in [6.07, 6.45) is 1.83. The van der Waals surface area contributed by atoms with E-state index in [2.05, 4.69) is 0 Å². The predicted molar refractivity (Wildman–Crippen MR) is 120 cm³/mol. The highest BCUT2D eigenvalue weighted by molar-refractivity contribution is 5.80. The first-order valence-corrected chi connectivity index (χ1v) is 10.5. The number of rotatable bonds is 2. The van der Waals surface area contributed by atoms with Gasteiger partial charge in [-0.15, -0.1) is 0 Å². The van der Waals surface area contributed by atoms with Crippen LogP contribution in [-0.4, -0.2) is 36.7 Å². The fourth-order valence-corrected chi connectivity index (χ4v) is 4.51. The van der Waals surface area contributed by atoms with Gasteiger partial charge >= 0.3 is 5.69 Å². The van der Waals surface area contributed by atoms with Crippen LogP contribution in [0.1, 0.15) is 0 Å². The van der Waals surface area contributed by atoms with Crippen molar-refractivity contribution in [3.05, 3.63) is 63.4 Å². The van der Waals surface area contributed by atoms with Crippen LogP contribution in [0.25, 0.3) is 33.9 Å². The normalized spacial score (nSPS) is 13.9. The fraction of sp³-hybridized carbons (Fsp3) is 0.174. The van der Waals surface area contributed by atoms with Crippen molar-refractivity contribution in [3.8, 4) is 39.9 Å². The SMILES string of the molecule is Cn1c(=O)c2c(nc3n(-c4ccc5c(c4)OCO5)c(-c4ccc5c(c4)OCO5)cn23)n(C)c1=O. The number of benzene rings is 2. The maximum atomic E-state index is 13.1. The Bertz CT molecular complexity index is 1790. The van der Waals surface area contributed by atoms with E-state index in [0.717, 1.165) is 21.5 Å². The molecule has 0 amide bonds. The van der Waals surface area contributed by atoms with Crippen LogP contribution in [0.2, 0.25) is 0 Å². The Morgan fingerprint density at radius 3 is 2.26 bits per heavy atom. The summed E-state index contributed by atoms with van der Waals surface area (Å²) < 4.78 is 28.1. The van der Waals surface area contributed by atoms with Gasteiger partial charge in [-0.3, -0.25) is 22.9 Å². The zero-order valence-corrected chi connectivity index (χ0v) is 18.1. The number of imidazole rings is 2. The van der Waals surface area contributed by atoms with Crippen molar-refractivity contribution in [2.75, 3.05) is 13.6 Å². The number of nitrogens with zero attached hydrogens (tertiary/aromatic N) is 5. The summed E-state index contributed by atoms with van der Waals surface area (Å²) >= 11 is 0. The Morgan fingerprint density at radius 1 is 0.824 bits per heavy atom. The molecule has 11 nitrogen and oxygen atoms in total. The number of fused-ring (bicyclic) bond motifs is 5. The molecule has 0 N–H and O–H groups in total. The standard InChI is InChI=1S/C23H17N5O6/c1-25-20-19(21(29)26(2)23(25)30)27-9-14(12-3-5-15-17(7-12)33-10-31-15)28(22(27)24-20)13-4-6-16-18(8-13)34-11-32-16/h3-9H,10-11H2,1-2H3. The molecule has 0 saturated heterocycles. The van der Waals surface area contributed by atoms with Crippen LogP contribution < -0.4 is 30.2 Å². The highest BCUT2D eigenvalue weighted by Crippen LogP contribution is 2.39. The quantitative estimate of drug-likeness (QED) is 0.397. The molecule has 170 valence electrons. The Morgan fingerprint density at radius 2 is 1.50 bits per heavy atom. The summed E-state index contributed by atoms with van der Waals surface area (Å²) in [5, 5.41) is 0. The molecule has 2 aliphatic heterocycles. The fourth-order valence-electron chi connectivity index (χ4n) is 4.51. The van der Waals surface area contributed by atoms with Crippen LogP contribution in [0.15, 0.2) is 52.2 Å². The molecule has 3 aromatic heterocycles. The second kappa shape index (κ2) is 6.44. The van der Waals surface area contributed by atoms with E-state index in [-0.39, 0.29) is 13.6 Å². The molecule has 5 aromatic rings. The van der Waals surface area contributed by atoms with Crippen molar-refractivity contribution in [1.29, 1.82) is 0 Å². The van der Waals surface area contributed by atoms with Crippen LogP contribution in [0.5, 0.6) is 23.0 Å². The predicted octanol–water partition coefficient (Wildman–Crippen LogP) is 1.80. The molecular formula is C23H17N5O6. The van der Waals surface area contributed by atoms with E-state index in [1.807, 2.05) is 47.2 Å². The highest BCUT2D eigenvalue weighted by atomic mass is 16.7. The lowest BCUT2D eigenvalue weighted by atomic mass is 10.1. The van der Waals surface area contributed by atoms with Crippen molar-refractivity contribution in [3.63, 3.8) is 0 Å². The van der Waals surface area contributed by atoms with Gasteiger partial charge in [-0.05, 0) is 30.3 Å². The van der Waals surface area contributed by atoms with Gasteiger partial charge in [0, 0.05) is 31.9 Å². The van der Waals surface area contributed by atoms with Crippen molar-refractivity contribution in [1.82, 2.24) is 23.1 Å². The van der Waals surface area contributed by atoms with Crippen LogP contribution in [-0.2, 0) is 14.1 Å². The summed E-state index contributed by atoms with van der Waals surface area (Å²) in [6.45, 7) is 0.320. The molecule has 5 heterocycles. The summed E-state index contributed by atoms with van der Waals surface area (Å²) in [5.41, 5.74) is 2.09. The van der Waals surface area contributed by atoms with Gasteiger partial charge in [0.15, 0.2) is 34.2 Å². The van der Waals surface area contributed by atoms with Gasteiger partial charge in [0.2, 0.25) is 19.4 Å². The Labute approximate surface area is 190 Å². The summed E-state index contributed by atoms with van der Waals surface area (Å²) in [6, 6.07) is 11.2. The third-order valence-electron chi connectivity index (χ3n) is 6.25. The van der Waals surface area contributed by atoms with E-state index >= 15 is 0 Å². The molecule has 0 radical (unpaired) electrons. The van der Waals surface area contributed by atoms with E-state index in [9.17, 15) is 9.59 Å². The topological polar surface area (TPSA) is 103 Å². The monoisotopic (exact) mass is 459 g/mol. The van der Waals surface area contributed by atoms with Crippen molar-refractivity contribution < 1.29 is 18.9 Å². The van der Waals surface area contributed by atoms with Crippen molar-refractivity contribution >= 4 is 16.9 Å². The van der Waals surface area contributed by atoms with Gasteiger partial charge in [0.1, 0.15) is 0 Å². The van der Waals surface area contributed by atoms with E-state index in [1.165, 1.54) is 11.6 Å². The minimum Gasteiger partial charge on any atom is -0.454 e. The lowest BCUT2D eigenvalue weighted by Gasteiger charge is -2.10. The third-order valence-corrected chi connectivity index (χ3v) is 6.25. The molecule has 2 aliphatic rings. The van der Waals surface area contributed by atoms with Gasteiger partial charge < -0.3 is 18.9 Å². The maximum Gasteiger partial charge on any atom is 0.332 e. The first-order valence-electron chi connectivity index (χ1n) is 10.5. The molecule has 0 bridgehead atoms. The van der Waals surface area contributed by atoms with Crippen molar-refractivity contribution in [2.24, 2.45) is 14.1 Å². The van der Waals surface area contributed by atoms with Crippen LogP contribution in [0.3, 0.4) is 0 Å². The number of hydrogen-bond acceptors (Lipinski definition) is 7. The van der Waals surface area contributed by atoms with Crippen LogP contribution in [0.4, 0.5) is 0 Å². The average molecular weight is 459 g/mol. The molecule has 0 aliphatic carbocycles. The summed E-state index contributed by atoms with van der Waals surface area (Å²) in [5.74, 6) is 3.04. The summed E-state index contributed by atoms with van der Waals surface area (Å²) in [4.78, 5) is 30.3. The lowest BCUT2D eigenvalue weighted by molar-refractivity contribution is 0.173. The minimum atomic E-state index is -0.441. The van der Waals surface area contributed by atoms with E-state index < -0.39 is 11.2 Å². The zero-order chi connectivity index (χ0) is 23.1. The molecular weight excluding hydrogens is 442 g/mol. The summed E-state index contributed by atoms with van der Waals surface area (Å²) in [7, 11) is 3.05. The number of hydrogen-bond donors (Lipinski definition) is 0. The number of aryl methyl sites for hydroxylation is 1. The number of ether oxygens (including phenoxy) is 4. The highest BCUT2D eigenvalue weighted by Gasteiger charge is 2.24. The first-order chi connectivity index (χ1) is 16.5. The Balaban J connectivity index is 1.59. The maximum absolute atomic E-state index is 13.1. The molecule has 0 fully saturated rings. The van der Waals surface area contributed by atoms with Gasteiger partial charge in [0.05, 0.1) is 11.4 Å². The molecule has 11 heteroatoms. The molecule has 2 aromatic carbocycles. The van der Waals surface area contributed by atoms with Gasteiger partial charge in [0.25, 0.3) is 5.56 Å². The smallest absolute Gasteiger partial charge is 0.332 e. The second-order valence-corrected chi connectivity index (χ2v) is 8.12. The zero-order valence-electron chi connectivity index (χ0n) is 18.1. The average Bonchev–Trinajstić information content (AvgIpc) is 3.62. The lowest BCUT2D eigenvalue weighted by Crippen LogP contribution is -2.37. The van der Waals surface area contributed by atoms with E-state index in [1.54, 1.807) is 11.4 Å². The van der Waals surface area contributed by atoms with Gasteiger partial charge in [-0.25, -0.2) is 4.79 Å². The van der Waals surface area contributed by atoms with Crippen molar-refractivity contribution in [2.45, 2.75) is 0 Å². The molecule has 34 heavy (non-hydrogen) atoms. The van der Waals surface area contributed by atoms with Gasteiger partial charge in [-0.2, -0.15) is 4.98 Å². The molecule has 0 atom stereocenters. The Hall–Kier alpha value is -4.67. The molecule has 0 unspecified atom stereocenters.